The Morgan fingerprint density at radius 3 is 2.38 bits per heavy atom. The lowest BCUT2D eigenvalue weighted by Gasteiger charge is -2.14. The van der Waals surface area contributed by atoms with Crippen LogP contribution in [-0.2, 0) is 25.5 Å². The molecule has 0 aliphatic heterocycles. The van der Waals surface area contributed by atoms with Gasteiger partial charge in [0.1, 0.15) is 0 Å². The SMILES string of the molecule is COC(=O)C(Cc1ccccc1)OC(C)=O. The highest BCUT2D eigenvalue weighted by Crippen LogP contribution is 2.07. The Morgan fingerprint density at radius 1 is 1.25 bits per heavy atom. The van der Waals surface area contributed by atoms with Crippen molar-refractivity contribution >= 4 is 11.9 Å². The Balaban J connectivity index is 2.70. The van der Waals surface area contributed by atoms with Crippen molar-refractivity contribution in [1.29, 1.82) is 0 Å². The van der Waals surface area contributed by atoms with E-state index in [0.29, 0.717) is 6.42 Å². The lowest BCUT2D eigenvalue weighted by molar-refractivity contribution is -0.164. The standard InChI is InChI=1S/C12H14O4/c1-9(13)16-11(12(14)15-2)8-10-6-4-3-5-7-10/h3-7,11H,8H2,1-2H3. The number of carbonyl (C=O) groups excluding carboxylic acids is 2. The first-order valence-corrected chi connectivity index (χ1v) is 4.92. The van der Waals surface area contributed by atoms with E-state index in [0.717, 1.165) is 5.56 Å². The molecule has 1 unspecified atom stereocenters. The molecule has 86 valence electrons. The number of ether oxygens (including phenoxy) is 2. The van der Waals surface area contributed by atoms with Gasteiger partial charge in [0.2, 0.25) is 6.10 Å². The van der Waals surface area contributed by atoms with Crippen molar-refractivity contribution in [3.8, 4) is 0 Å². The van der Waals surface area contributed by atoms with Crippen molar-refractivity contribution < 1.29 is 19.1 Å². The molecule has 0 aromatic heterocycles. The van der Waals surface area contributed by atoms with Crippen LogP contribution >= 0.6 is 0 Å². The number of carbonyl (C=O) groups is 2. The number of rotatable bonds is 4. The molecular weight excluding hydrogens is 208 g/mol. The maximum atomic E-state index is 11.4. The van der Waals surface area contributed by atoms with E-state index in [4.69, 9.17) is 4.74 Å². The smallest absolute Gasteiger partial charge is 0.347 e. The first-order valence-electron chi connectivity index (χ1n) is 4.92. The fourth-order valence-corrected chi connectivity index (χ4v) is 1.33. The van der Waals surface area contributed by atoms with Gasteiger partial charge in [-0.05, 0) is 5.56 Å². The number of hydrogen-bond donors (Lipinski definition) is 0. The van der Waals surface area contributed by atoms with Crippen LogP contribution in [0, 0.1) is 0 Å². The molecule has 0 N–H and O–H groups in total. The molecular formula is C12H14O4. The van der Waals surface area contributed by atoms with Crippen LogP contribution in [0.3, 0.4) is 0 Å². The van der Waals surface area contributed by atoms with Crippen LogP contribution in [0.2, 0.25) is 0 Å². The number of esters is 2. The summed E-state index contributed by atoms with van der Waals surface area (Å²) in [5.74, 6) is -1.04. The van der Waals surface area contributed by atoms with Crippen molar-refractivity contribution in [2.75, 3.05) is 7.11 Å². The van der Waals surface area contributed by atoms with Gasteiger partial charge in [-0.25, -0.2) is 4.79 Å². The zero-order chi connectivity index (χ0) is 12.0. The molecule has 0 aliphatic carbocycles. The minimum atomic E-state index is -0.870. The van der Waals surface area contributed by atoms with Crippen molar-refractivity contribution in [2.24, 2.45) is 0 Å². The summed E-state index contributed by atoms with van der Waals surface area (Å²) in [5.41, 5.74) is 0.916. The highest BCUT2D eigenvalue weighted by molar-refractivity contribution is 5.78. The van der Waals surface area contributed by atoms with Crippen LogP contribution in [0.15, 0.2) is 30.3 Å². The summed E-state index contributed by atoms with van der Waals surface area (Å²) in [5, 5.41) is 0. The minimum Gasteiger partial charge on any atom is -0.466 e. The average Bonchev–Trinajstić information content (AvgIpc) is 2.28. The summed E-state index contributed by atoms with van der Waals surface area (Å²) in [6.45, 7) is 1.26. The van der Waals surface area contributed by atoms with Crippen molar-refractivity contribution in [3.63, 3.8) is 0 Å². The van der Waals surface area contributed by atoms with Gasteiger partial charge >= 0.3 is 11.9 Å². The molecule has 0 radical (unpaired) electrons. The number of methoxy groups -OCH3 is 1. The van der Waals surface area contributed by atoms with E-state index in [1.54, 1.807) is 0 Å². The molecule has 1 atom stereocenters. The summed E-state index contributed by atoms with van der Waals surface area (Å²) in [7, 11) is 1.27. The highest BCUT2D eigenvalue weighted by atomic mass is 16.6. The molecule has 1 aromatic rings. The average molecular weight is 222 g/mol. The second-order valence-electron chi connectivity index (χ2n) is 3.31. The van der Waals surface area contributed by atoms with Gasteiger partial charge in [0.05, 0.1) is 7.11 Å². The summed E-state index contributed by atoms with van der Waals surface area (Å²) in [6.07, 6.45) is -0.544. The van der Waals surface area contributed by atoms with Gasteiger partial charge in [-0.3, -0.25) is 4.79 Å². The Kier molecular flexibility index (Phi) is 4.51. The minimum absolute atomic E-state index is 0.326. The molecule has 16 heavy (non-hydrogen) atoms. The third kappa shape index (κ3) is 3.73. The predicted octanol–water partition coefficient (Wildman–Crippen LogP) is 1.33. The van der Waals surface area contributed by atoms with Gasteiger partial charge in [-0.1, -0.05) is 30.3 Å². The van der Waals surface area contributed by atoms with Crippen LogP contribution in [0.1, 0.15) is 12.5 Å². The van der Waals surface area contributed by atoms with E-state index >= 15 is 0 Å². The van der Waals surface area contributed by atoms with Crippen molar-refractivity contribution in [2.45, 2.75) is 19.4 Å². The predicted molar refractivity (Wildman–Crippen MR) is 57.7 cm³/mol. The fraction of sp³-hybridized carbons (Fsp3) is 0.333. The van der Waals surface area contributed by atoms with E-state index in [-0.39, 0.29) is 0 Å². The molecule has 0 fully saturated rings. The molecule has 1 rings (SSSR count). The number of benzene rings is 1. The Labute approximate surface area is 94.2 Å². The van der Waals surface area contributed by atoms with Gasteiger partial charge < -0.3 is 9.47 Å². The molecule has 1 aromatic carbocycles. The van der Waals surface area contributed by atoms with Crippen LogP contribution < -0.4 is 0 Å². The summed E-state index contributed by atoms with van der Waals surface area (Å²) in [4.78, 5) is 22.2. The largest absolute Gasteiger partial charge is 0.466 e. The Bertz CT molecular complexity index is 359. The molecule has 0 amide bonds. The van der Waals surface area contributed by atoms with E-state index < -0.39 is 18.0 Å². The first-order chi connectivity index (χ1) is 7.63. The molecule has 0 saturated heterocycles. The zero-order valence-electron chi connectivity index (χ0n) is 9.30. The molecule has 4 heteroatoms. The van der Waals surface area contributed by atoms with E-state index in [9.17, 15) is 9.59 Å². The van der Waals surface area contributed by atoms with Crippen LogP contribution in [0.5, 0.6) is 0 Å². The molecule has 0 aliphatic rings. The van der Waals surface area contributed by atoms with Gasteiger partial charge in [-0.15, -0.1) is 0 Å². The summed E-state index contributed by atoms with van der Waals surface area (Å²) in [6, 6.07) is 9.32. The van der Waals surface area contributed by atoms with E-state index in [1.807, 2.05) is 30.3 Å². The van der Waals surface area contributed by atoms with Crippen LogP contribution in [-0.4, -0.2) is 25.2 Å². The van der Waals surface area contributed by atoms with Gasteiger partial charge in [0.25, 0.3) is 0 Å². The van der Waals surface area contributed by atoms with Crippen LogP contribution in [0.4, 0.5) is 0 Å². The fourth-order valence-electron chi connectivity index (χ4n) is 1.33. The topological polar surface area (TPSA) is 52.6 Å². The summed E-state index contributed by atoms with van der Waals surface area (Å²) < 4.78 is 9.46. The van der Waals surface area contributed by atoms with Crippen molar-refractivity contribution in [3.05, 3.63) is 35.9 Å². The van der Waals surface area contributed by atoms with Gasteiger partial charge in [0.15, 0.2) is 0 Å². The molecule has 0 saturated carbocycles. The van der Waals surface area contributed by atoms with Gasteiger partial charge in [-0.2, -0.15) is 0 Å². The molecule has 0 spiro atoms. The summed E-state index contributed by atoms with van der Waals surface area (Å²) >= 11 is 0. The third-order valence-electron chi connectivity index (χ3n) is 2.04. The van der Waals surface area contributed by atoms with Gasteiger partial charge in [0, 0.05) is 13.3 Å². The lowest BCUT2D eigenvalue weighted by Crippen LogP contribution is -2.29. The van der Waals surface area contributed by atoms with Crippen LogP contribution in [0.25, 0.3) is 0 Å². The highest BCUT2D eigenvalue weighted by Gasteiger charge is 2.22. The quantitative estimate of drug-likeness (QED) is 0.721. The Hall–Kier alpha value is -1.84. The monoisotopic (exact) mass is 222 g/mol. The second-order valence-corrected chi connectivity index (χ2v) is 3.31. The third-order valence-corrected chi connectivity index (χ3v) is 2.04. The first kappa shape index (κ1) is 12.2. The maximum absolute atomic E-state index is 11.4. The molecule has 0 heterocycles. The Morgan fingerprint density at radius 2 is 1.88 bits per heavy atom. The van der Waals surface area contributed by atoms with E-state index in [2.05, 4.69) is 4.74 Å². The number of hydrogen-bond acceptors (Lipinski definition) is 4. The molecule has 0 bridgehead atoms. The maximum Gasteiger partial charge on any atom is 0.347 e. The normalized spacial score (nSPS) is 11.6. The molecule has 4 nitrogen and oxygen atoms in total. The zero-order valence-corrected chi connectivity index (χ0v) is 9.30. The van der Waals surface area contributed by atoms with E-state index in [1.165, 1.54) is 14.0 Å². The second kappa shape index (κ2) is 5.90. The lowest BCUT2D eigenvalue weighted by atomic mass is 10.1. The van der Waals surface area contributed by atoms with Crippen molar-refractivity contribution in [1.82, 2.24) is 0 Å².